The molecule has 28 heavy (non-hydrogen) atoms. The quantitative estimate of drug-likeness (QED) is 0.507. The molecule has 1 aromatic heterocycles. The van der Waals surface area contributed by atoms with Crippen molar-refractivity contribution in [2.24, 2.45) is 5.92 Å². The van der Waals surface area contributed by atoms with Crippen LogP contribution in [-0.4, -0.2) is 28.7 Å². The van der Waals surface area contributed by atoms with E-state index >= 15 is 0 Å². The lowest BCUT2D eigenvalue weighted by atomic mass is 10.3. The number of benzene rings is 1. The van der Waals surface area contributed by atoms with Crippen molar-refractivity contribution in [3.63, 3.8) is 0 Å². The average Bonchev–Trinajstić information content (AvgIpc) is 3.41. The first kappa shape index (κ1) is 23.0. The highest BCUT2D eigenvalue weighted by Crippen LogP contribution is 2.43. The van der Waals surface area contributed by atoms with E-state index in [1.54, 1.807) is 18.2 Å². The van der Waals surface area contributed by atoms with Gasteiger partial charge in [-0.3, -0.25) is 9.52 Å². The van der Waals surface area contributed by atoms with Crippen LogP contribution < -0.4 is 9.46 Å². The summed E-state index contributed by atoms with van der Waals surface area (Å²) in [7, 11) is 0. The van der Waals surface area contributed by atoms with Gasteiger partial charge in [-0.1, -0.05) is 23.2 Å². The molecule has 0 aliphatic heterocycles. The van der Waals surface area contributed by atoms with Crippen LogP contribution in [0.5, 0.6) is 5.75 Å². The van der Waals surface area contributed by atoms with Crippen molar-refractivity contribution >= 4 is 52.7 Å². The van der Waals surface area contributed by atoms with E-state index in [9.17, 15) is 18.0 Å². The van der Waals surface area contributed by atoms with Crippen LogP contribution in [0.25, 0.3) is 0 Å². The van der Waals surface area contributed by atoms with Gasteiger partial charge in [-0.2, -0.15) is 13.2 Å². The molecule has 0 saturated heterocycles. The average molecular weight is 477 g/mol. The molecule has 0 radical (unpaired) electrons. The van der Waals surface area contributed by atoms with Gasteiger partial charge in [-0.15, -0.1) is 0 Å². The van der Waals surface area contributed by atoms with Crippen LogP contribution >= 0.6 is 46.8 Å². The standard InChI is InChI=1S/C12H10Cl3N3O2S.C4H5F3/c1-2-20-6-3-4-7(13)8(5-6)21-18-11(19)9-10(14)17-12(15)16-9;5-4(6,7)3-1-2-3/h3-5H,2H2,1H3,(H,16,17)(H,18,19);3H,1-2H2. The van der Waals surface area contributed by atoms with Gasteiger partial charge in [0.2, 0.25) is 5.28 Å². The third kappa shape index (κ3) is 6.95. The van der Waals surface area contributed by atoms with E-state index in [-0.39, 0.29) is 16.1 Å². The lowest BCUT2D eigenvalue weighted by molar-refractivity contribution is -0.147. The largest absolute Gasteiger partial charge is 0.494 e. The fourth-order valence-electron chi connectivity index (χ4n) is 1.85. The van der Waals surface area contributed by atoms with Gasteiger partial charge in [0, 0.05) is 0 Å². The molecule has 1 aliphatic rings. The Balaban J connectivity index is 0.000000336. The van der Waals surface area contributed by atoms with Crippen molar-refractivity contribution < 1.29 is 22.7 Å². The number of carbonyl (C=O) groups excluding carboxylic acids is 1. The maximum absolute atomic E-state index is 11.9. The first-order valence-corrected chi connectivity index (χ1v) is 9.94. The predicted octanol–water partition coefficient (Wildman–Crippen LogP) is 6.16. The van der Waals surface area contributed by atoms with Gasteiger partial charge in [0.15, 0.2) is 5.69 Å². The molecule has 0 bridgehead atoms. The number of amides is 1. The van der Waals surface area contributed by atoms with Crippen LogP contribution in [0, 0.1) is 5.92 Å². The normalized spacial score (nSPS) is 13.5. The van der Waals surface area contributed by atoms with E-state index in [0.29, 0.717) is 35.1 Å². The Hall–Kier alpha value is -1.29. The minimum atomic E-state index is -3.89. The molecule has 1 saturated carbocycles. The maximum Gasteiger partial charge on any atom is 0.391 e. The number of hydrogen-bond donors (Lipinski definition) is 2. The summed E-state index contributed by atoms with van der Waals surface area (Å²) in [6, 6.07) is 5.18. The Morgan fingerprint density at radius 2 is 2.04 bits per heavy atom. The van der Waals surface area contributed by atoms with Crippen molar-refractivity contribution in [2.75, 3.05) is 6.61 Å². The fraction of sp³-hybridized carbons (Fsp3) is 0.375. The van der Waals surface area contributed by atoms with Gasteiger partial charge >= 0.3 is 6.18 Å². The SMILES string of the molecule is CCOc1ccc(Cl)c(SNC(=O)c2nc(Cl)[nH]c2Cl)c1.FC(F)(F)C1CC1. The second kappa shape index (κ2) is 9.96. The minimum Gasteiger partial charge on any atom is -0.494 e. The predicted molar refractivity (Wildman–Crippen MR) is 103 cm³/mol. The highest BCUT2D eigenvalue weighted by atomic mass is 35.5. The second-order valence-corrected chi connectivity index (χ2v) is 7.56. The number of H-pyrrole nitrogens is 1. The summed E-state index contributed by atoms with van der Waals surface area (Å²) in [5.41, 5.74) is 0.0197. The first-order chi connectivity index (χ1) is 13.1. The molecule has 1 fully saturated rings. The van der Waals surface area contributed by atoms with Gasteiger partial charge in [-0.25, -0.2) is 4.98 Å². The maximum atomic E-state index is 11.9. The van der Waals surface area contributed by atoms with Crippen LogP contribution in [0.1, 0.15) is 30.3 Å². The highest BCUT2D eigenvalue weighted by molar-refractivity contribution is 7.98. The number of imidazole rings is 1. The minimum absolute atomic E-state index is 0.0197. The number of hydrogen-bond acceptors (Lipinski definition) is 4. The fourth-order valence-corrected chi connectivity index (χ4v) is 3.17. The Kier molecular flexibility index (Phi) is 8.18. The number of nitrogens with zero attached hydrogens (tertiary/aromatic N) is 1. The molecule has 12 heteroatoms. The van der Waals surface area contributed by atoms with E-state index in [4.69, 9.17) is 39.5 Å². The molecule has 1 aromatic carbocycles. The van der Waals surface area contributed by atoms with Crippen molar-refractivity contribution in [2.45, 2.75) is 30.8 Å². The molecule has 0 spiro atoms. The van der Waals surface area contributed by atoms with Crippen LogP contribution in [0.3, 0.4) is 0 Å². The van der Waals surface area contributed by atoms with Gasteiger partial charge in [0.25, 0.3) is 5.91 Å². The zero-order chi connectivity index (χ0) is 20.9. The van der Waals surface area contributed by atoms with Crippen LogP contribution in [0.2, 0.25) is 15.5 Å². The van der Waals surface area contributed by atoms with Crippen molar-refractivity contribution in [3.05, 3.63) is 39.4 Å². The van der Waals surface area contributed by atoms with Gasteiger partial charge in [0.05, 0.1) is 22.4 Å². The third-order valence-electron chi connectivity index (χ3n) is 3.35. The van der Waals surface area contributed by atoms with Gasteiger partial charge in [-0.05, 0) is 61.5 Å². The summed E-state index contributed by atoms with van der Waals surface area (Å²) < 4.78 is 41.7. The summed E-state index contributed by atoms with van der Waals surface area (Å²) in [5.74, 6) is -0.766. The topological polar surface area (TPSA) is 67.0 Å². The summed E-state index contributed by atoms with van der Waals surface area (Å²) in [6.07, 6.45) is -3.19. The summed E-state index contributed by atoms with van der Waals surface area (Å²) >= 11 is 18.5. The lowest BCUT2D eigenvalue weighted by Gasteiger charge is -2.08. The summed E-state index contributed by atoms with van der Waals surface area (Å²) in [4.78, 5) is 18.9. The number of ether oxygens (including phenoxy) is 1. The number of alkyl halides is 3. The molecule has 1 aliphatic carbocycles. The van der Waals surface area contributed by atoms with E-state index in [2.05, 4.69) is 14.7 Å². The van der Waals surface area contributed by atoms with Crippen LogP contribution in [0.4, 0.5) is 13.2 Å². The van der Waals surface area contributed by atoms with E-state index < -0.39 is 18.0 Å². The van der Waals surface area contributed by atoms with E-state index in [0.717, 1.165) is 11.9 Å². The molecule has 1 heterocycles. The molecular formula is C16H15Cl3F3N3O2S. The molecule has 0 unspecified atom stereocenters. The molecule has 2 N–H and O–H groups in total. The number of halogens is 6. The van der Waals surface area contributed by atoms with Crippen molar-refractivity contribution in [1.29, 1.82) is 0 Å². The summed E-state index contributed by atoms with van der Waals surface area (Å²) in [5, 5.41) is 0.619. The second-order valence-electron chi connectivity index (χ2n) is 5.56. The molecule has 3 rings (SSSR count). The van der Waals surface area contributed by atoms with Gasteiger partial charge < -0.3 is 9.72 Å². The zero-order valence-corrected chi connectivity index (χ0v) is 17.5. The molecule has 1 amide bonds. The number of aromatic nitrogens is 2. The zero-order valence-electron chi connectivity index (χ0n) is 14.4. The van der Waals surface area contributed by atoms with Crippen LogP contribution in [-0.2, 0) is 0 Å². The Labute approximate surface area is 178 Å². The molecule has 0 atom stereocenters. The molecular weight excluding hydrogens is 462 g/mol. The van der Waals surface area contributed by atoms with Crippen molar-refractivity contribution in [1.82, 2.24) is 14.7 Å². The first-order valence-electron chi connectivity index (χ1n) is 7.99. The number of carbonyl (C=O) groups is 1. The van der Waals surface area contributed by atoms with E-state index in [1.807, 2.05) is 6.92 Å². The van der Waals surface area contributed by atoms with Crippen LogP contribution in [0.15, 0.2) is 23.1 Å². The highest BCUT2D eigenvalue weighted by Gasteiger charge is 2.46. The number of aromatic amines is 1. The smallest absolute Gasteiger partial charge is 0.391 e. The third-order valence-corrected chi connectivity index (χ3v) is 5.09. The molecule has 2 aromatic rings. The number of rotatable bonds is 5. The number of nitrogens with one attached hydrogen (secondary N) is 2. The lowest BCUT2D eigenvalue weighted by Crippen LogP contribution is -2.16. The Morgan fingerprint density at radius 1 is 1.36 bits per heavy atom. The molecule has 5 nitrogen and oxygen atoms in total. The monoisotopic (exact) mass is 475 g/mol. The Morgan fingerprint density at radius 3 is 2.50 bits per heavy atom. The Bertz CT molecular complexity index is 829. The van der Waals surface area contributed by atoms with Crippen molar-refractivity contribution in [3.8, 4) is 5.75 Å². The molecule has 154 valence electrons. The van der Waals surface area contributed by atoms with E-state index in [1.165, 1.54) is 0 Å². The van der Waals surface area contributed by atoms with Gasteiger partial charge in [0.1, 0.15) is 10.9 Å². The summed E-state index contributed by atoms with van der Waals surface area (Å²) in [6.45, 7) is 2.42.